The smallest absolute Gasteiger partial charge is 0.309 e. The molecule has 1 amide bonds. The highest BCUT2D eigenvalue weighted by molar-refractivity contribution is 5.99. The van der Waals surface area contributed by atoms with Gasteiger partial charge in [-0.15, -0.1) is 0 Å². The lowest BCUT2D eigenvalue weighted by molar-refractivity contribution is -0.132. The van der Waals surface area contributed by atoms with Crippen molar-refractivity contribution in [1.82, 2.24) is 9.47 Å². The van der Waals surface area contributed by atoms with Crippen molar-refractivity contribution in [2.75, 3.05) is 7.05 Å². The summed E-state index contributed by atoms with van der Waals surface area (Å²) in [7, 11) is 3.15. The van der Waals surface area contributed by atoms with Crippen LogP contribution in [0, 0.1) is 0 Å². The molecule has 0 radical (unpaired) electrons. The standard InChI is InChI=1S/C12H14N2O4/c1-6-10-8(11(16)13(6)3)5-9(18-7(2)15)14(4)12(10)17/h5-6H,1-4H3/t6-/m0/s1. The van der Waals surface area contributed by atoms with Gasteiger partial charge >= 0.3 is 5.97 Å². The lowest BCUT2D eigenvalue weighted by atomic mass is 10.1. The summed E-state index contributed by atoms with van der Waals surface area (Å²) in [5, 5.41) is 0. The van der Waals surface area contributed by atoms with Crippen molar-refractivity contribution in [3.8, 4) is 5.88 Å². The molecule has 1 aliphatic rings. The topological polar surface area (TPSA) is 68.6 Å². The Labute approximate surface area is 104 Å². The zero-order chi connectivity index (χ0) is 13.6. The van der Waals surface area contributed by atoms with Crippen LogP contribution in [-0.4, -0.2) is 28.4 Å². The minimum atomic E-state index is -0.531. The molecule has 0 aromatic carbocycles. The third-order valence-corrected chi connectivity index (χ3v) is 3.22. The van der Waals surface area contributed by atoms with E-state index in [-0.39, 0.29) is 23.4 Å². The second-order valence-electron chi connectivity index (χ2n) is 4.36. The number of nitrogens with zero attached hydrogens (tertiary/aromatic N) is 2. The largest absolute Gasteiger partial charge is 0.409 e. The van der Waals surface area contributed by atoms with Gasteiger partial charge in [-0.3, -0.25) is 19.0 Å². The SMILES string of the molecule is CC(=O)Oc1cc2c(c(=O)n1C)[C@H](C)N(C)C2=O. The first-order valence-corrected chi connectivity index (χ1v) is 5.54. The Balaban J connectivity index is 2.67. The van der Waals surface area contributed by atoms with Crippen molar-refractivity contribution in [2.24, 2.45) is 7.05 Å². The molecular weight excluding hydrogens is 236 g/mol. The predicted octanol–water partition coefficient (Wildman–Crippen LogP) is 0.457. The monoisotopic (exact) mass is 250 g/mol. The summed E-state index contributed by atoms with van der Waals surface area (Å²) in [5.41, 5.74) is 0.444. The van der Waals surface area contributed by atoms with Crippen molar-refractivity contribution in [1.29, 1.82) is 0 Å². The Hall–Kier alpha value is -2.11. The van der Waals surface area contributed by atoms with Crippen LogP contribution in [0.25, 0.3) is 0 Å². The van der Waals surface area contributed by atoms with Gasteiger partial charge in [0.25, 0.3) is 11.5 Å². The summed E-state index contributed by atoms with van der Waals surface area (Å²) in [5.74, 6) is -0.678. The van der Waals surface area contributed by atoms with Crippen LogP contribution in [0.1, 0.15) is 35.8 Å². The molecule has 96 valence electrons. The molecule has 0 N–H and O–H groups in total. The predicted molar refractivity (Wildman–Crippen MR) is 63.5 cm³/mol. The summed E-state index contributed by atoms with van der Waals surface area (Å²) in [6.07, 6.45) is 0. The molecule has 1 aromatic heterocycles. The van der Waals surface area contributed by atoms with E-state index in [2.05, 4.69) is 0 Å². The van der Waals surface area contributed by atoms with E-state index in [4.69, 9.17) is 4.74 Å². The maximum absolute atomic E-state index is 12.2. The van der Waals surface area contributed by atoms with Crippen LogP contribution in [0.2, 0.25) is 0 Å². The molecule has 1 atom stereocenters. The molecule has 0 saturated heterocycles. The van der Waals surface area contributed by atoms with Crippen molar-refractivity contribution >= 4 is 11.9 Å². The molecule has 18 heavy (non-hydrogen) atoms. The highest BCUT2D eigenvalue weighted by Gasteiger charge is 2.35. The normalized spacial score (nSPS) is 17.9. The van der Waals surface area contributed by atoms with Crippen molar-refractivity contribution < 1.29 is 14.3 Å². The second kappa shape index (κ2) is 3.97. The molecule has 2 rings (SSSR count). The third kappa shape index (κ3) is 1.61. The second-order valence-corrected chi connectivity index (χ2v) is 4.36. The van der Waals surface area contributed by atoms with Gasteiger partial charge in [0, 0.05) is 27.1 Å². The number of pyridine rings is 1. The highest BCUT2D eigenvalue weighted by Crippen LogP contribution is 2.30. The van der Waals surface area contributed by atoms with Crippen LogP contribution < -0.4 is 10.3 Å². The van der Waals surface area contributed by atoms with E-state index in [1.807, 2.05) is 0 Å². The van der Waals surface area contributed by atoms with Gasteiger partial charge in [0.1, 0.15) is 0 Å². The minimum Gasteiger partial charge on any atom is -0.409 e. The lowest BCUT2D eigenvalue weighted by Crippen LogP contribution is -2.26. The van der Waals surface area contributed by atoms with E-state index in [9.17, 15) is 14.4 Å². The molecule has 0 aliphatic carbocycles. The number of amides is 1. The Morgan fingerprint density at radius 2 is 1.94 bits per heavy atom. The van der Waals surface area contributed by atoms with E-state index in [1.54, 1.807) is 14.0 Å². The van der Waals surface area contributed by atoms with Crippen LogP contribution in [-0.2, 0) is 11.8 Å². The van der Waals surface area contributed by atoms with Gasteiger partial charge in [-0.2, -0.15) is 0 Å². The number of esters is 1. The van der Waals surface area contributed by atoms with Crippen LogP contribution >= 0.6 is 0 Å². The summed E-state index contributed by atoms with van der Waals surface area (Å²) >= 11 is 0. The first-order valence-electron chi connectivity index (χ1n) is 5.54. The molecule has 0 bridgehead atoms. The Bertz CT molecular complexity index is 603. The number of carbonyl (C=O) groups excluding carboxylic acids is 2. The van der Waals surface area contributed by atoms with E-state index in [0.29, 0.717) is 11.1 Å². The van der Waals surface area contributed by atoms with Crippen molar-refractivity contribution in [3.63, 3.8) is 0 Å². The number of rotatable bonds is 1. The summed E-state index contributed by atoms with van der Waals surface area (Å²) in [6, 6.07) is 1.18. The molecule has 1 aromatic rings. The zero-order valence-electron chi connectivity index (χ0n) is 10.7. The van der Waals surface area contributed by atoms with Crippen LogP contribution in [0.15, 0.2) is 10.9 Å². The lowest BCUT2D eigenvalue weighted by Gasteiger charge is -2.14. The van der Waals surface area contributed by atoms with E-state index >= 15 is 0 Å². The Morgan fingerprint density at radius 3 is 2.50 bits per heavy atom. The fraction of sp³-hybridized carbons (Fsp3) is 0.417. The average molecular weight is 250 g/mol. The maximum atomic E-state index is 12.2. The first-order chi connectivity index (χ1) is 8.34. The number of aromatic nitrogens is 1. The number of hydrogen-bond donors (Lipinski definition) is 0. The average Bonchev–Trinajstić information content (AvgIpc) is 2.50. The fourth-order valence-electron chi connectivity index (χ4n) is 2.08. The molecule has 0 saturated carbocycles. The quantitative estimate of drug-likeness (QED) is 0.679. The summed E-state index contributed by atoms with van der Waals surface area (Å²) in [4.78, 5) is 36.5. The van der Waals surface area contributed by atoms with Crippen LogP contribution in [0.3, 0.4) is 0 Å². The van der Waals surface area contributed by atoms with Gasteiger partial charge in [-0.05, 0) is 6.92 Å². The number of fused-ring (bicyclic) bond motifs is 1. The Morgan fingerprint density at radius 1 is 1.33 bits per heavy atom. The molecule has 0 spiro atoms. The molecule has 6 nitrogen and oxygen atoms in total. The maximum Gasteiger partial charge on any atom is 0.309 e. The minimum absolute atomic E-state index is 0.0853. The van der Waals surface area contributed by atoms with Crippen molar-refractivity contribution in [2.45, 2.75) is 19.9 Å². The third-order valence-electron chi connectivity index (χ3n) is 3.22. The zero-order valence-corrected chi connectivity index (χ0v) is 10.7. The molecular formula is C12H14N2O4. The highest BCUT2D eigenvalue weighted by atomic mass is 16.5. The molecule has 1 aliphatic heterocycles. The number of carbonyl (C=O) groups is 2. The van der Waals surface area contributed by atoms with Crippen LogP contribution in [0.4, 0.5) is 0 Å². The van der Waals surface area contributed by atoms with Gasteiger partial charge in [-0.25, -0.2) is 0 Å². The number of hydrogen-bond acceptors (Lipinski definition) is 4. The van der Waals surface area contributed by atoms with Gasteiger partial charge in [-0.1, -0.05) is 0 Å². The van der Waals surface area contributed by atoms with Gasteiger partial charge < -0.3 is 9.64 Å². The van der Waals surface area contributed by atoms with Gasteiger partial charge in [0.15, 0.2) is 0 Å². The fourth-order valence-corrected chi connectivity index (χ4v) is 2.08. The molecule has 0 unspecified atom stereocenters. The number of ether oxygens (including phenoxy) is 1. The van der Waals surface area contributed by atoms with Gasteiger partial charge in [0.05, 0.1) is 17.2 Å². The Kier molecular flexibility index (Phi) is 2.73. The molecule has 6 heteroatoms. The van der Waals surface area contributed by atoms with E-state index < -0.39 is 5.97 Å². The van der Waals surface area contributed by atoms with Crippen LogP contribution in [0.5, 0.6) is 5.88 Å². The van der Waals surface area contributed by atoms with Gasteiger partial charge in [0.2, 0.25) is 5.88 Å². The summed E-state index contributed by atoms with van der Waals surface area (Å²) in [6.45, 7) is 3.03. The van der Waals surface area contributed by atoms with E-state index in [1.165, 1.54) is 29.5 Å². The van der Waals surface area contributed by atoms with Crippen molar-refractivity contribution in [3.05, 3.63) is 27.5 Å². The molecule has 2 heterocycles. The first kappa shape index (κ1) is 12.3. The molecule has 0 fully saturated rings. The van der Waals surface area contributed by atoms with E-state index in [0.717, 1.165) is 0 Å². The summed E-state index contributed by atoms with van der Waals surface area (Å²) < 4.78 is 6.16.